The third-order valence-electron chi connectivity index (χ3n) is 7.53. The van der Waals surface area contributed by atoms with Gasteiger partial charge in [0.1, 0.15) is 0 Å². The van der Waals surface area contributed by atoms with E-state index < -0.39 is 0 Å². The van der Waals surface area contributed by atoms with E-state index in [2.05, 4.69) is 6.92 Å². The first-order valence-electron chi connectivity index (χ1n) is 8.26. The van der Waals surface area contributed by atoms with Crippen LogP contribution in [0.1, 0.15) is 77.6 Å². The molecule has 0 aromatic rings. The fraction of sp³-hybridized carbons (Fsp3) is 1.00. The summed E-state index contributed by atoms with van der Waals surface area (Å²) in [6, 6.07) is 0. The maximum absolute atomic E-state index is 2.68. The first-order valence-corrected chi connectivity index (χ1v) is 8.26. The van der Waals surface area contributed by atoms with E-state index >= 15 is 0 Å². The van der Waals surface area contributed by atoms with Gasteiger partial charge in [0.05, 0.1) is 0 Å². The van der Waals surface area contributed by atoms with Gasteiger partial charge in [-0.3, -0.25) is 0 Å². The van der Waals surface area contributed by atoms with Gasteiger partial charge in [0.15, 0.2) is 0 Å². The Balaban J connectivity index is 1.59. The molecule has 0 amide bonds. The van der Waals surface area contributed by atoms with Gasteiger partial charge in [-0.25, -0.2) is 0 Å². The molecule has 0 heteroatoms. The lowest BCUT2D eigenvalue weighted by atomic mass is 9.75. The summed E-state index contributed by atoms with van der Waals surface area (Å²) >= 11 is 0. The monoisotopic (exact) mass is 232 g/mol. The number of rotatable bonds is 0. The Bertz CT molecular complexity index is 310. The first-order chi connectivity index (χ1) is 8.26. The fourth-order valence-corrected chi connectivity index (χ4v) is 6.60. The number of fused-ring (bicyclic) bond motifs is 4. The van der Waals surface area contributed by atoms with Crippen LogP contribution in [0.4, 0.5) is 0 Å². The van der Waals surface area contributed by atoms with Crippen molar-refractivity contribution in [3.05, 3.63) is 0 Å². The lowest BCUT2D eigenvalue weighted by Gasteiger charge is -2.29. The lowest BCUT2D eigenvalue weighted by molar-refractivity contribution is 0.201. The average Bonchev–Trinajstić information content (AvgIpc) is 2.67. The highest BCUT2D eigenvalue weighted by molar-refractivity contribution is 5.22. The van der Waals surface area contributed by atoms with Gasteiger partial charge in [-0.2, -0.15) is 0 Å². The van der Waals surface area contributed by atoms with Gasteiger partial charge >= 0.3 is 0 Å². The third-order valence-corrected chi connectivity index (χ3v) is 7.53. The van der Waals surface area contributed by atoms with E-state index in [-0.39, 0.29) is 0 Å². The Morgan fingerprint density at radius 3 is 2.29 bits per heavy atom. The van der Waals surface area contributed by atoms with Gasteiger partial charge in [0, 0.05) is 0 Å². The summed E-state index contributed by atoms with van der Waals surface area (Å²) in [5.41, 5.74) is 1.64. The summed E-state index contributed by atoms with van der Waals surface area (Å²) < 4.78 is 0. The van der Waals surface area contributed by atoms with Crippen molar-refractivity contribution in [1.82, 2.24) is 0 Å². The summed E-state index contributed by atoms with van der Waals surface area (Å²) in [4.78, 5) is 0. The van der Waals surface area contributed by atoms with E-state index in [1.54, 1.807) is 57.8 Å². The van der Waals surface area contributed by atoms with Crippen molar-refractivity contribution in [2.45, 2.75) is 77.6 Å². The van der Waals surface area contributed by atoms with Crippen LogP contribution in [-0.2, 0) is 0 Å². The maximum Gasteiger partial charge on any atom is -0.0207 e. The van der Waals surface area contributed by atoms with E-state index in [9.17, 15) is 0 Å². The minimum absolute atomic E-state index is 0.794. The molecule has 4 aliphatic rings. The molecule has 0 aliphatic heterocycles. The van der Waals surface area contributed by atoms with Crippen LogP contribution in [0, 0.1) is 28.6 Å². The van der Waals surface area contributed by atoms with Crippen molar-refractivity contribution in [3.8, 4) is 0 Å². The topological polar surface area (TPSA) is 0 Å². The molecule has 4 atom stereocenters. The average molecular weight is 232 g/mol. The summed E-state index contributed by atoms with van der Waals surface area (Å²) in [6.07, 6.45) is 17.3. The van der Waals surface area contributed by atoms with Crippen molar-refractivity contribution < 1.29 is 0 Å². The Morgan fingerprint density at radius 1 is 0.824 bits per heavy atom. The van der Waals surface area contributed by atoms with Crippen LogP contribution in [0.5, 0.6) is 0 Å². The Kier molecular flexibility index (Phi) is 2.25. The molecule has 96 valence electrons. The molecule has 0 saturated heterocycles. The van der Waals surface area contributed by atoms with Crippen molar-refractivity contribution in [2.24, 2.45) is 28.6 Å². The summed E-state index contributed by atoms with van der Waals surface area (Å²) in [5.74, 6) is 3.43. The molecule has 4 unspecified atom stereocenters. The van der Waals surface area contributed by atoms with E-state index in [1.807, 2.05) is 0 Å². The maximum atomic E-state index is 2.68. The van der Waals surface area contributed by atoms with Crippen molar-refractivity contribution >= 4 is 0 Å². The van der Waals surface area contributed by atoms with Gasteiger partial charge in [0.2, 0.25) is 0 Å². The van der Waals surface area contributed by atoms with Gasteiger partial charge in [-0.1, -0.05) is 51.9 Å². The zero-order valence-electron chi connectivity index (χ0n) is 11.5. The smallest absolute Gasteiger partial charge is 0.0207 e. The van der Waals surface area contributed by atoms with Crippen molar-refractivity contribution in [3.63, 3.8) is 0 Å². The molecule has 0 aromatic heterocycles. The molecule has 0 heterocycles. The van der Waals surface area contributed by atoms with E-state index in [4.69, 9.17) is 0 Å². The zero-order chi connectivity index (χ0) is 11.5. The molecule has 0 nitrogen and oxygen atoms in total. The summed E-state index contributed by atoms with van der Waals surface area (Å²) in [6.45, 7) is 2.68. The molecule has 0 N–H and O–H groups in total. The molecule has 1 spiro atoms. The van der Waals surface area contributed by atoms with Crippen LogP contribution in [0.25, 0.3) is 0 Å². The predicted octanol–water partition coefficient (Wildman–Crippen LogP) is 5.17. The molecule has 4 aliphatic carbocycles. The predicted molar refractivity (Wildman–Crippen MR) is 71.8 cm³/mol. The standard InChI is InChI=1S/C17H28/c1-16-12-14-8-6-7-13(14)11-15(16)17(16)9-4-2-3-5-10-17/h13-15H,2-12H2,1H3. The Hall–Kier alpha value is 0. The van der Waals surface area contributed by atoms with Gasteiger partial charge in [-0.05, 0) is 54.3 Å². The molecule has 0 bridgehead atoms. The molecule has 0 aromatic carbocycles. The lowest BCUT2D eigenvalue weighted by Crippen LogP contribution is -2.21. The molecule has 4 fully saturated rings. The third kappa shape index (κ3) is 1.31. The molecule has 4 saturated carbocycles. The second-order valence-corrected chi connectivity index (χ2v) is 7.93. The summed E-state index contributed by atoms with van der Waals surface area (Å²) in [7, 11) is 0. The normalized spacial score (nSPS) is 51.7. The number of hydrogen-bond donors (Lipinski definition) is 0. The number of hydrogen-bond acceptors (Lipinski definition) is 0. The highest BCUT2D eigenvalue weighted by atomic mass is 14.8. The second kappa shape index (κ2) is 3.52. The molecular weight excluding hydrogens is 204 g/mol. The largest absolute Gasteiger partial charge is 0.0588 e. The zero-order valence-corrected chi connectivity index (χ0v) is 11.5. The van der Waals surface area contributed by atoms with Crippen molar-refractivity contribution in [2.75, 3.05) is 0 Å². The molecule has 0 radical (unpaired) electrons. The highest BCUT2D eigenvalue weighted by Gasteiger charge is 2.73. The van der Waals surface area contributed by atoms with Gasteiger partial charge < -0.3 is 0 Å². The minimum atomic E-state index is 0.794. The Labute approximate surface area is 107 Å². The quantitative estimate of drug-likeness (QED) is 0.540. The van der Waals surface area contributed by atoms with Crippen LogP contribution in [0.2, 0.25) is 0 Å². The van der Waals surface area contributed by atoms with Crippen LogP contribution >= 0.6 is 0 Å². The molecular formula is C17H28. The molecule has 17 heavy (non-hydrogen) atoms. The minimum Gasteiger partial charge on any atom is -0.0588 e. The van der Waals surface area contributed by atoms with Crippen LogP contribution in [-0.4, -0.2) is 0 Å². The van der Waals surface area contributed by atoms with Gasteiger partial charge in [0.25, 0.3) is 0 Å². The fourth-order valence-electron chi connectivity index (χ4n) is 6.60. The van der Waals surface area contributed by atoms with Crippen molar-refractivity contribution in [1.29, 1.82) is 0 Å². The van der Waals surface area contributed by atoms with E-state index in [0.29, 0.717) is 0 Å². The van der Waals surface area contributed by atoms with Crippen LogP contribution in [0.15, 0.2) is 0 Å². The Morgan fingerprint density at radius 2 is 1.53 bits per heavy atom. The molecule has 4 rings (SSSR count). The second-order valence-electron chi connectivity index (χ2n) is 7.93. The van der Waals surface area contributed by atoms with Gasteiger partial charge in [-0.15, -0.1) is 0 Å². The first kappa shape index (κ1) is 10.9. The SMILES string of the molecule is CC12CC3CCCC3CC1C21CCCCCC1. The van der Waals surface area contributed by atoms with E-state index in [0.717, 1.165) is 28.6 Å². The van der Waals surface area contributed by atoms with E-state index in [1.165, 1.54) is 12.8 Å². The van der Waals surface area contributed by atoms with Crippen LogP contribution < -0.4 is 0 Å². The summed E-state index contributed by atoms with van der Waals surface area (Å²) in [5, 5.41) is 0. The van der Waals surface area contributed by atoms with Crippen LogP contribution in [0.3, 0.4) is 0 Å². The highest BCUT2D eigenvalue weighted by Crippen LogP contribution is 2.81.